The van der Waals surface area contributed by atoms with E-state index < -0.39 is 0 Å². The number of aliphatic hydroxyl groups is 1. The van der Waals surface area contributed by atoms with Crippen LogP contribution >= 0.6 is 0 Å². The van der Waals surface area contributed by atoms with Crippen molar-refractivity contribution in [3.05, 3.63) is 77.4 Å². The standard InChI is InChI=1S/C26H28N4O3/c1-3-19-8-7-9-20(4-2)26(19)27-25(32)17-33-24-13-12-18(14-15-31)16-23(24)30-28-21-10-5-6-11-22(21)29-30/h5-13,16,31H,3-4,14-15,17H2,1-2H3,(H,27,32). The van der Waals surface area contributed by atoms with Gasteiger partial charge in [0.05, 0.1) is 0 Å². The van der Waals surface area contributed by atoms with Crippen molar-refractivity contribution in [2.75, 3.05) is 18.5 Å². The summed E-state index contributed by atoms with van der Waals surface area (Å²) in [7, 11) is 0. The lowest BCUT2D eigenvalue weighted by Gasteiger charge is -2.16. The van der Waals surface area contributed by atoms with Crippen LogP contribution in [-0.2, 0) is 24.1 Å². The number of amides is 1. The number of aliphatic hydroxyl groups excluding tert-OH is 1. The lowest BCUT2D eigenvalue weighted by atomic mass is 10.0. The van der Waals surface area contributed by atoms with Crippen LogP contribution in [-0.4, -0.2) is 39.2 Å². The molecule has 0 aliphatic carbocycles. The van der Waals surface area contributed by atoms with Crippen LogP contribution in [0.3, 0.4) is 0 Å². The van der Waals surface area contributed by atoms with Gasteiger partial charge in [0.25, 0.3) is 5.91 Å². The Hall–Kier alpha value is -3.71. The zero-order chi connectivity index (χ0) is 23.2. The SMILES string of the molecule is CCc1cccc(CC)c1NC(=O)COc1ccc(CCO)cc1-n1nc2ccccc2n1. The number of carbonyl (C=O) groups is 1. The number of anilines is 1. The van der Waals surface area contributed by atoms with Crippen molar-refractivity contribution >= 4 is 22.6 Å². The number of benzene rings is 3. The van der Waals surface area contributed by atoms with Gasteiger partial charge in [0.15, 0.2) is 6.61 Å². The monoisotopic (exact) mass is 444 g/mol. The van der Waals surface area contributed by atoms with Crippen molar-refractivity contribution in [1.82, 2.24) is 15.0 Å². The molecule has 0 aliphatic rings. The third-order valence-electron chi connectivity index (χ3n) is 5.55. The molecule has 1 amide bonds. The first kappa shape index (κ1) is 22.5. The molecule has 7 heteroatoms. The van der Waals surface area contributed by atoms with Crippen LogP contribution in [0.1, 0.15) is 30.5 Å². The van der Waals surface area contributed by atoms with Gasteiger partial charge in [-0.2, -0.15) is 0 Å². The second-order valence-corrected chi connectivity index (χ2v) is 7.75. The van der Waals surface area contributed by atoms with Crippen molar-refractivity contribution in [3.8, 4) is 11.4 Å². The first-order valence-electron chi connectivity index (χ1n) is 11.2. The molecule has 1 aromatic heterocycles. The molecule has 4 aromatic rings. The quantitative estimate of drug-likeness (QED) is 0.406. The molecule has 0 fully saturated rings. The molecule has 0 bridgehead atoms. The Morgan fingerprint density at radius 1 is 0.970 bits per heavy atom. The van der Waals surface area contributed by atoms with Crippen molar-refractivity contribution in [2.24, 2.45) is 0 Å². The lowest BCUT2D eigenvalue weighted by Crippen LogP contribution is -2.22. The van der Waals surface area contributed by atoms with E-state index in [0.29, 0.717) is 17.9 Å². The van der Waals surface area contributed by atoms with Gasteiger partial charge in [-0.3, -0.25) is 4.79 Å². The zero-order valence-electron chi connectivity index (χ0n) is 18.9. The molecule has 0 atom stereocenters. The maximum Gasteiger partial charge on any atom is 0.262 e. The fourth-order valence-corrected chi connectivity index (χ4v) is 3.82. The first-order chi connectivity index (χ1) is 16.1. The van der Waals surface area contributed by atoms with Gasteiger partial charge in [-0.15, -0.1) is 15.0 Å². The smallest absolute Gasteiger partial charge is 0.262 e. The molecule has 2 N–H and O–H groups in total. The van der Waals surface area contributed by atoms with E-state index in [1.165, 1.54) is 4.80 Å². The Morgan fingerprint density at radius 2 is 1.64 bits per heavy atom. The van der Waals surface area contributed by atoms with Gasteiger partial charge in [0.1, 0.15) is 22.5 Å². The predicted octanol–water partition coefficient (Wildman–Crippen LogP) is 4.10. The Labute approximate surface area is 193 Å². The summed E-state index contributed by atoms with van der Waals surface area (Å²) in [6.07, 6.45) is 2.17. The van der Waals surface area contributed by atoms with E-state index in [2.05, 4.69) is 29.4 Å². The summed E-state index contributed by atoms with van der Waals surface area (Å²) in [6.45, 7) is 4.03. The molecule has 33 heavy (non-hydrogen) atoms. The zero-order valence-corrected chi connectivity index (χ0v) is 18.9. The Kier molecular flexibility index (Phi) is 7.00. The molecule has 0 spiro atoms. The topological polar surface area (TPSA) is 89.3 Å². The lowest BCUT2D eigenvalue weighted by molar-refractivity contribution is -0.118. The number of nitrogens with one attached hydrogen (secondary N) is 1. The number of para-hydroxylation sites is 1. The highest BCUT2D eigenvalue weighted by molar-refractivity contribution is 5.93. The maximum atomic E-state index is 12.8. The van der Waals surface area contributed by atoms with E-state index in [-0.39, 0.29) is 19.1 Å². The van der Waals surface area contributed by atoms with E-state index in [9.17, 15) is 9.90 Å². The minimum atomic E-state index is -0.227. The fraction of sp³-hybridized carbons (Fsp3) is 0.269. The fourth-order valence-electron chi connectivity index (χ4n) is 3.82. The molecular weight excluding hydrogens is 416 g/mol. The molecule has 170 valence electrons. The number of hydrogen-bond donors (Lipinski definition) is 2. The normalized spacial score (nSPS) is 11.0. The van der Waals surface area contributed by atoms with Crippen LogP contribution in [0.5, 0.6) is 5.75 Å². The number of hydrogen-bond acceptors (Lipinski definition) is 5. The summed E-state index contributed by atoms with van der Waals surface area (Å²) in [5.41, 5.74) is 6.14. The van der Waals surface area contributed by atoms with Crippen LogP contribution in [0.4, 0.5) is 5.69 Å². The van der Waals surface area contributed by atoms with Gasteiger partial charge in [0.2, 0.25) is 0 Å². The van der Waals surface area contributed by atoms with Gasteiger partial charge in [0, 0.05) is 12.3 Å². The molecule has 4 rings (SSSR count). The Morgan fingerprint density at radius 3 is 2.24 bits per heavy atom. The van der Waals surface area contributed by atoms with Gasteiger partial charge in [-0.25, -0.2) is 0 Å². The molecule has 0 radical (unpaired) electrons. The van der Waals surface area contributed by atoms with Crippen molar-refractivity contribution in [2.45, 2.75) is 33.1 Å². The average molecular weight is 445 g/mol. The van der Waals surface area contributed by atoms with Crippen molar-refractivity contribution in [1.29, 1.82) is 0 Å². The van der Waals surface area contributed by atoms with Gasteiger partial charge in [-0.05, 0) is 60.2 Å². The number of nitrogens with zero attached hydrogens (tertiary/aromatic N) is 3. The molecule has 0 unspecified atom stereocenters. The van der Waals surface area contributed by atoms with Crippen LogP contribution in [0.2, 0.25) is 0 Å². The second-order valence-electron chi connectivity index (χ2n) is 7.75. The predicted molar refractivity (Wildman–Crippen MR) is 129 cm³/mol. The molecule has 0 aliphatic heterocycles. The van der Waals surface area contributed by atoms with Crippen LogP contribution in [0, 0.1) is 0 Å². The van der Waals surface area contributed by atoms with Gasteiger partial charge in [-0.1, -0.05) is 50.2 Å². The summed E-state index contributed by atoms with van der Waals surface area (Å²) in [6, 6.07) is 19.2. The van der Waals surface area contributed by atoms with Gasteiger partial charge < -0.3 is 15.2 Å². The molecule has 0 saturated heterocycles. The van der Waals surface area contributed by atoms with E-state index in [1.54, 1.807) is 6.07 Å². The van der Waals surface area contributed by atoms with E-state index in [4.69, 9.17) is 4.74 Å². The molecule has 7 nitrogen and oxygen atoms in total. The van der Waals surface area contributed by atoms with Crippen LogP contribution in [0.15, 0.2) is 60.7 Å². The van der Waals surface area contributed by atoms with Crippen LogP contribution < -0.4 is 10.1 Å². The number of aromatic nitrogens is 3. The highest BCUT2D eigenvalue weighted by atomic mass is 16.5. The van der Waals surface area contributed by atoms with Crippen molar-refractivity contribution in [3.63, 3.8) is 0 Å². The van der Waals surface area contributed by atoms with E-state index in [0.717, 1.165) is 46.3 Å². The summed E-state index contributed by atoms with van der Waals surface area (Å²) in [4.78, 5) is 14.3. The van der Waals surface area contributed by atoms with Crippen molar-refractivity contribution < 1.29 is 14.6 Å². The number of ether oxygens (including phenoxy) is 1. The van der Waals surface area contributed by atoms with Gasteiger partial charge >= 0.3 is 0 Å². The minimum absolute atomic E-state index is 0.0349. The molecule has 1 heterocycles. The summed E-state index contributed by atoms with van der Waals surface area (Å²) in [5, 5.41) is 21.5. The number of fused-ring (bicyclic) bond motifs is 1. The Bertz CT molecular complexity index is 1210. The average Bonchev–Trinajstić information content (AvgIpc) is 3.27. The highest BCUT2D eigenvalue weighted by Crippen LogP contribution is 2.26. The third-order valence-corrected chi connectivity index (χ3v) is 5.55. The summed E-state index contributed by atoms with van der Waals surface area (Å²) >= 11 is 0. The van der Waals surface area contributed by atoms with Crippen LogP contribution in [0.25, 0.3) is 16.7 Å². The third kappa shape index (κ3) is 5.04. The number of aryl methyl sites for hydroxylation is 2. The van der Waals surface area contributed by atoms with E-state index in [1.807, 2.05) is 54.6 Å². The summed E-state index contributed by atoms with van der Waals surface area (Å²) < 4.78 is 5.93. The molecular formula is C26H28N4O3. The van der Waals surface area contributed by atoms with E-state index >= 15 is 0 Å². The number of carbonyl (C=O) groups excluding carboxylic acids is 1. The highest BCUT2D eigenvalue weighted by Gasteiger charge is 2.15. The first-order valence-corrected chi connectivity index (χ1v) is 11.2. The molecule has 3 aromatic carbocycles. The number of rotatable bonds is 9. The minimum Gasteiger partial charge on any atom is -0.481 e. The largest absolute Gasteiger partial charge is 0.481 e. The summed E-state index contributed by atoms with van der Waals surface area (Å²) in [5.74, 6) is 0.265. The molecule has 0 saturated carbocycles. The second kappa shape index (κ2) is 10.3. The maximum absolute atomic E-state index is 12.8. The Balaban J connectivity index is 1.57.